The molecule has 128 valence electrons. The average molecular weight is 334 g/mol. The molecule has 2 rings (SSSR count). The number of hydrogen-bond acceptors (Lipinski definition) is 3. The Balaban J connectivity index is 1.80. The van der Waals surface area contributed by atoms with E-state index in [1.165, 1.54) is 12.1 Å². The van der Waals surface area contributed by atoms with Crippen LogP contribution in [0.4, 0.5) is 8.78 Å². The van der Waals surface area contributed by atoms with Gasteiger partial charge in [0.05, 0.1) is 13.7 Å². The van der Waals surface area contributed by atoms with Gasteiger partial charge in [-0.3, -0.25) is 9.69 Å². The lowest BCUT2D eigenvalue weighted by Gasteiger charge is -2.17. The summed E-state index contributed by atoms with van der Waals surface area (Å²) in [5.41, 5.74) is 1.30. The second kappa shape index (κ2) is 8.40. The van der Waals surface area contributed by atoms with Gasteiger partial charge < -0.3 is 10.1 Å². The van der Waals surface area contributed by atoms with Crippen molar-refractivity contribution >= 4 is 5.91 Å². The largest absolute Gasteiger partial charge is 0.497 e. The molecule has 4 nitrogen and oxygen atoms in total. The molecule has 0 aliphatic carbocycles. The Morgan fingerprint density at radius 3 is 2.50 bits per heavy atom. The van der Waals surface area contributed by atoms with E-state index in [0.29, 0.717) is 12.1 Å². The molecule has 6 heteroatoms. The fourth-order valence-electron chi connectivity index (χ4n) is 2.24. The number of carbonyl (C=O) groups excluding carboxylic acids is 1. The molecular formula is C18H20F2N2O2. The van der Waals surface area contributed by atoms with Crippen LogP contribution in [0, 0.1) is 11.6 Å². The van der Waals surface area contributed by atoms with Gasteiger partial charge in [-0.1, -0.05) is 18.2 Å². The standard InChI is InChI=1S/C18H20F2N2O2/c1-22(11-14-5-6-15(19)9-17(14)20)12-18(23)21-10-13-3-7-16(24-2)8-4-13/h3-9H,10-12H2,1-2H3,(H,21,23). The number of hydrogen-bond donors (Lipinski definition) is 1. The van der Waals surface area contributed by atoms with Crippen LogP contribution in [0.15, 0.2) is 42.5 Å². The van der Waals surface area contributed by atoms with Crippen LogP contribution in [0.3, 0.4) is 0 Å². The normalized spacial score (nSPS) is 10.7. The number of ether oxygens (including phenoxy) is 1. The average Bonchev–Trinajstić information content (AvgIpc) is 2.56. The quantitative estimate of drug-likeness (QED) is 0.846. The first-order valence-electron chi connectivity index (χ1n) is 7.50. The Kier molecular flexibility index (Phi) is 6.26. The fourth-order valence-corrected chi connectivity index (χ4v) is 2.24. The molecule has 0 radical (unpaired) electrons. The van der Waals surface area contributed by atoms with Gasteiger partial charge in [-0.2, -0.15) is 0 Å². The van der Waals surface area contributed by atoms with Crippen LogP contribution in [0.25, 0.3) is 0 Å². The van der Waals surface area contributed by atoms with Crippen molar-refractivity contribution in [1.82, 2.24) is 10.2 Å². The van der Waals surface area contributed by atoms with Crippen molar-refractivity contribution < 1.29 is 18.3 Å². The zero-order valence-corrected chi connectivity index (χ0v) is 13.7. The number of benzene rings is 2. The van der Waals surface area contributed by atoms with Gasteiger partial charge in [0, 0.05) is 24.7 Å². The Hall–Kier alpha value is -2.47. The second-order valence-corrected chi connectivity index (χ2v) is 5.53. The molecule has 0 heterocycles. The van der Waals surface area contributed by atoms with Gasteiger partial charge in [0.2, 0.25) is 5.91 Å². The summed E-state index contributed by atoms with van der Waals surface area (Å²) in [6.07, 6.45) is 0. The van der Waals surface area contributed by atoms with E-state index in [0.717, 1.165) is 17.4 Å². The number of likely N-dealkylation sites (N-methyl/N-ethyl adjacent to an activating group) is 1. The molecule has 0 aromatic heterocycles. The van der Waals surface area contributed by atoms with E-state index < -0.39 is 11.6 Å². The highest BCUT2D eigenvalue weighted by Gasteiger charge is 2.10. The number of nitrogens with one attached hydrogen (secondary N) is 1. The third kappa shape index (κ3) is 5.31. The van der Waals surface area contributed by atoms with Crippen molar-refractivity contribution in [3.63, 3.8) is 0 Å². The van der Waals surface area contributed by atoms with Crippen LogP contribution < -0.4 is 10.1 Å². The molecular weight excluding hydrogens is 314 g/mol. The first kappa shape index (κ1) is 17.9. The zero-order chi connectivity index (χ0) is 17.5. The molecule has 0 spiro atoms. The van der Waals surface area contributed by atoms with Crippen LogP contribution >= 0.6 is 0 Å². The summed E-state index contributed by atoms with van der Waals surface area (Å²) in [5.74, 6) is -0.640. The highest BCUT2D eigenvalue weighted by atomic mass is 19.1. The Bertz CT molecular complexity index is 690. The number of nitrogens with zero attached hydrogens (tertiary/aromatic N) is 1. The van der Waals surface area contributed by atoms with Crippen molar-refractivity contribution in [1.29, 1.82) is 0 Å². The van der Waals surface area contributed by atoms with Gasteiger partial charge >= 0.3 is 0 Å². The Labute approximate surface area is 140 Å². The van der Waals surface area contributed by atoms with Crippen LogP contribution in [0.1, 0.15) is 11.1 Å². The van der Waals surface area contributed by atoms with Crippen LogP contribution in [-0.4, -0.2) is 31.5 Å². The number of halogens is 2. The number of amides is 1. The van der Waals surface area contributed by atoms with Crippen LogP contribution in [0.2, 0.25) is 0 Å². The lowest BCUT2D eigenvalue weighted by molar-refractivity contribution is -0.122. The third-order valence-electron chi connectivity index (χ3n) is 3.52. The molecule has 1 N–H and O–H groups in total. The maximum Gasteiger partial charge on any atom is 0.234 e. The topological polar surface area (TPSA) is 41.6 Å². The molecule has 2 aromatic carbocycles. The van der Waals surface area contributed by atoms with E-state index >= 15 is 0 Å². The molecule has 24 heavy (non-hydrogen) atoms. The molecule has 0 bridgehead atoms. The first-order valence-corrected chi connectivity index (χ1v) is 7.50. The predicted octanol–water partition coefficient (Wildman–Crippen LogP) is 2.72. The minimum absolute atomic E-state index is 0.118. The lowest BCUT2D eigenvalue weighted by atomic mass is 10.2. The van der Waals surface area contributed by atoms with Gasteiger partial charge in [0.15, 0.2) is 0 Å². The van der Waals surface area contributed by atoms with Crippen molar-refractivity contribution in [3.05, 3.63) is 65.2 Å². The number of rotatable bonds is 7. The van der Waals surface area contributed by atoms with Gasteiger partial charge in [0.25, 0.3) is 0 Å². The summed E-state index contributed by atoms with van der Waals surface area (Å²) in [7, 11) is 3.30. The number of carbonyl (C=O) groups is 1. The van der Waals surface area contributed by atoms with Gasteiger partial charge in [0.1, 0.15) is 17.4 Å². The van der Waals surface area contributed by atoms with Crippen molar-refractivity contribution in [2.24, 2.45) is 0 Å². The van der Waals surface area contributed by atoms with Crippen LogP contribution in [-0.2, 0) is 17.9 Å². The SMILES string of the molecule is COc1ccc(CNC(=O)CN(C)Cc2ccc(F)cc2F)cc1. The second-order valence-electron chi connectivity index (χ2n) is 5.53. The summed E-state index contributed by atoms with van der Waals surface area (Å²) in [4.78, 5) is 13.6. The Morgan fingerprint density at radius 2 is 1.88 bits per heavy atom. The van der Waals surface area contributed by atoms with E-state index in [4.69, 9.17) is 4.74 Å². The minimum Gasteiger partial charge on any atom is -0.497 e. The summed E-state index contributed by atoms with van der Waals surface area (Å²) < 4.78 is 31.6. The molecule has 0 aliphatic rings. The molecule has 0 saturated heterocycles. The molecule has 0 aliphatic heterocycles. The predicted molar refractivity (Wildman–Crippen MR) is 87.5 cm³/mol. The first-order chi connectivity index (χ1) is 11.5. The smallest absolute Gasteiger partial charge is 0.234 e. The van der Waals surface area contributed by atoms with Crippen LogP contribution in [0.5, 0.6) is 5.75 Å². The van der Waals surface area contributed by atoms with Crippen molar-refractivity contribution in [2.75, 3.05) is 20.7 Å². The zero-order valence-electron chi connectivity index (χ0n) is 13.7. The number of methoxy groups -OCH3 is 1. The fraction of sp³-hybridized carbons (Fsp3) is 0.278. The van der Waals surface area contributed by atoms with E-state index in [9.17, 15) is 13.6 Å². The van der Waals surface area contributed by atoms with Crippen molar-refractivity contribution in [3.8, 4) is 5.75 Å². The van der Waals surface area contributed by atoms with E-state index in [1.807, 2.05) is 24.3 Å². The van der Waals surface area contributed by atoms with E-state index in [2.05, 4.69) is 5.32 Å². The maximum atomic E-state index is 13.6. The molecule has 0 fully saturated rings. The van der Waals surface area contributed by atoms with Gasteiger partial charge in [-0.05, 0) is 30.8 Å². The van der Waals surface area contributed by atoms with E-state index in [-0.39, 0.29) is 19.0 Å². The summed E-state index contributed by atoms with van der Waals surface area (Å²) in [6.45, 7) is 0.747. The maximum absolute atomic E-state index is 13.6. The van der Waals surface area contributed by atoms with Gasteiger partial charge in [-0.15, -0.1) is 0 Å². The Morgan fingerprint density at radius 1 is 1.17 bits per heavy atom. The lowest BCUT2D eigenvalue weighted by Crippen LogP contribution is -2.34. The highest BCUT2D eigenvalue weighted by molar-refractivity contribution is 5.77. The van der Waals surface area contributed by atoms with Crippen molar-refractivity contribution in [2.45, 2.75) is 13.1 Å². The highest BCUT2D eigenvalue weighted by Crippen LogP contribution is 2.12. The molecule has 0 saturated carbocycles. The summed E-state index contributed by atoms with van der Waals surface area (Å²) in [5, 5.41) is 2.80. The third-order valence-corrected chi connectivity index (χ3v) is 3.52. The summed E-state index contributed by atoms with van der Waals surface area (Å²) >= 11 is 0. The molecule has 0 atom stereocenters. The molecule has 0 unspecified atom stereocenters. The minimum atomic E-state index is -0.615. The van der Waals surface area contributed by atoms with E-state index in [1.54, 1.807) is 19.1 Å². The molecule has 2 aromatic rings. The van der Waals surface area contributed by atoms with Gasteiger partial charge in [-0.25, -0.2) is 8.78 Å². The monoisotopic (exact) mass is 334 g/mol. The summed E-state index contributed by atoms with van der Waals surface area (Å²) in [6, 6.07) is 10.8. The molecule has 1 amide bonds.